The van der Waals surface area contributed by atoms with E-state index < -0.39 is 0 Å². The molecule has 0 bridgehead atoms. The highest BCUT2D eigenvalue weighted by Gasteiger charge is 2.21. The molecule has 5 heteroatoms. The molecule has 28 heavy (non-hydrogen) atoms. The van der Waals surface area contributed by atoms with Crippen molar-refractivity contribution in [3.8, 4) is 0 Å². The SMILES string of the molecule is CN(CCN(Cc1ccccc1)C(=O)CC1COCCN1)Cc1ccccc1. The first kappa shape index (κ1) is 20.5. The van der Waals surface area contributed by atoms with Gasteiger partial charge in [-0.1, -0.05) is 60.7 Å². The largest absolute Gasteiger partial charge is 0.378 e. The van der Waals surface area contributed by atoms with Gasteiger partial charge in [-0.2, -0.15) is 0 Å². The maximum Gasteiger partial charge on any atom is 0.224 e. The zero-order valence-corrected chi connectivity index (χ0v) is 16.7. The fraction of sp³-hybridized carbons (Fsp3) is 0.435. The first-order chi connectivity index (χ1) is 13.7. The number of carbonyl (C=O) groups is 1. The fourth-order valence-corrected chi connectivity index (χ4v) is 3.45. The highest BCUT2D eigenvalue weighted by atomic mass is 16.5. The van der Waals surface area contributed by atoms with Crippen LogP contribution in [0.3, 0.4) is 0 Å². The van der Waals surface area contributed by atoms with Gasteiger partial charge in [0.2, 0.25) is 5.91 Å². The van der Waals surface area contributed by atoms with Crippen molar-refractivity contribution >= 4 is 5.91 Å². The van der Waals surface area contributed by atoms with Crippen LogP contribution >= 0.6 is 0 Å². The lowest BCUT2D eigenvalue weighted by Gasteiger charge is -2.29. The van der Waals surface area contributed by atoms with Crippen molar-refractivity contribution in [3.05, 3.63) is 71.8 Å². The van der Waals surface area contributed by atoms with Crippen LogP contribution in [0.2, 0.25) is 0 Å². The van der Waals surface area contributed by atoms with Gasteiger partial charge in [0.15, 0.2) is 0 Å². The molecule has 0 aliphatic carbocycles. The van der Waals surface area contributed by atoms with Crippen LogP contribution in [0.25, 0.3) is 0 Å². The van der Waals surface area contributed by atoms with Gasteiger partial charge in [0, 0.05) is 45.2 Å². The van der Waals surface area contributed by atoms with E-state index in [-0.39, 0.29) is 11.9 Å². The summed E-state index contributed by atoms with van der Waals surface area (Å²) in [6, 6.07) is 20.8. The predicted octanol–water partition coefficient (Wildman–Crippen LogP) is 2.53. The Labute approximate surface area is 168 Å². The summed E-state index contributed by atoms with van der Waals surface area (Å²) in [6.07, 6.45) is 0.481. The number of nitrogens with one attached hydrogen (secondary N) is 1. The summed E-state index contributed by atoms with van der Waals surface area (Å²) in [6.45, 7) is 5.23. The summed E-state index contributed by atoms with van der Waals surface area (Å²) in [7, 11) is 2.11. The molecule has 0 aromatic heterocycles. The smallest absolute Gasteiger partial charge is 0.224 e. The molecular weight excluding hydrogens is 350 g/mol. The molecule has 0 spiro atoms. The number of hydrogen-bond acceptors (Lipinski definition) is 4. The number of likely N-dealkylation sites (N-methyl/N-ethyl adjacent to an activating group) is 1. The van der Waals surface area contributed by atoms with Gasteiger partial charge in [-0.3, -0.25) is 4.79 Å². The molecular formula is C23H31N3O2. The van der Waals surface area contributed by atoms with Crippen molar-refractivity contribution in [2.24, 2.45) is 0 Å². The minimum Gasteiger partial charge on any atom is -0.378 e. The average molecular weight is 382 g/mol. The summed E-state index contributed by atoms with van der Waals surface area (Å²) in [5.41, 5.74) is 2.45. The second-order valence-corrected chi connectivity index (χ2v) is 7.45. The van der Waals surface area contributed by atoms with Crippen LogP contribution < -0.4 is 5.32 Å². The predicted molar refractivity (Wildman–Crippen MR) is 112 cm³/mol. The standard InChI is InChI=1S/C23H31N3O2/c1-25(17-20-8-4-2-5-9-20)13-14-26(18-21-10-6-3-7-11-21)23(27)16-22-19-28-15-12-24-22/h2-11,22,24H,12-19H2,1H3. The third-order valence-electron chi connectivity index (χ3n) is 5.04. The maximum atomic E-state index is 13.0. The van der Waals surface area contributed by atoms with Gasteiger partial charge >= 0.3 is 0 Å². The lowest BCUT2D eigenvalue weighted by molar-refractivity contribution is -0.133. The van der Waals surface area contributed by atoms with Crippen molar-refractivity contribution in [2.75, 3.05) is 39.9 Å². The molecule has 1 N–H and O–H groups in total. The third-order valence-corrected chi connectivity index (χ3v) is 5.04. The molecule has 1 aliphatic heterocycles. The highest BCUT2D eigenvalue weighted by molar-refractivity contribution is 5.77. The molecule has 1 amide bonds. The molecule has 2 aromatic rings. The molecule has 1 unspecified atom stereocenters. The van der Waals surface area contributed by atoms with E-state index >= 15 is 0 Å². The van der Waals surface area contributed by atoms with Gasteiger partial charge in [-0.25, -0.2) is 0 Å². The zero-order chi connectivity index (χ0) is 19.6. The van der Waals surface area contributed by atoms with Gasteiger partial charge in [-0.05, 0) is 18.2 Å². The summed E-state index contributed by atoms with van der Waals surface area (Å²) in [4.78, 5) is 17.2. The monoisotopic (exact) mass is 381 g/mol. The minimum atomic E-state index is 0.113. The van der Waals surface area contributed by atoms with E-state index in [0.29, 0.717) is 26.1 Å². The number of carbonyl (C=O) groups excluding carboxylic acids is 1. The Morgan fingerprint density at radius 1 is 1.00 bits per heavy atom. The Balaban J connectivity index is 1.57. The fourth-order valence-electron chi connectivity index (χ4n) is 3.45. The van der Waals surface area contributed by atoms with Crippen LogP contribution in [0.4, 0.5) is 0 Å². The molecule has 1 heterocycles. The molecule has 2 aromatic carbocycles. The number of nitrogens with zero attached hydrogens (tertiary/aromatic N) is 2. The van der Waals surface area contributed by atoms with Crippen molar-refractivity contribution in [2.45, 2.75) is 25.6 Å². The summed E-state index contributed by atoms with van der Waals surface area (Å²) >= 11 is 0. The number of rotatable bonds is 9. The zero-order valence-electron chi connectivity index (χ0n) is 16.7. The summed E-state index contributed by atoms with van der Waals surface area (Å²) in [5.74, 6) is 0.181. The second-order valence-electron chi connectivity index (χ2n) is 7.45. The van der Waals surface area contributed by atoms with Crippen LogP contribution in [0.5, 0.6) is 0 Å². The Kier molecular flexibility index (Phi) is 8.03. The maximum absolute atomic E-state index is 13.0. The molecule has 150 valence electrons. The average Bonchev–Trinajstić information content (AvgIpc) is 2.73. The normalized spacial score (nSPS) is 16.9. The van der Waals surface area contributed by atoms with Crippen LogP contribution in [-0.4, -0.2) is 61.6 Å². The van der Waals surface area contributed by atoms with Crippen molar-refractivity contribution < 1.29 is 9.53 Å². The quantitative estimate of drug-likeness (QED) is 0.725. The Morgan fingerprint density at radius 3 is 2.25 bits per heavy atom. The first-order valence-electron chi connectivity index (χ1n) is 10.1. The van der Waals surface area contributed by atoms with Gasteiger partial charge < -0.3 is 19.9 Å². The summed E-state index contributed by atoms with van der Waals surface area (Å²) < 4.78 is 5.50. The van der Waals surface area contributed by atoms with Gasteiger partial charge in [0.25, 0.3) is 0 Å². The summed E-state index contributed by atoms with van der Waals surface area (Å²) in [5, 5.41) is 3.38. The van der Waals surface area contributed by atoms with E-state index in [4.69, 9.17) is 4.74 Å². The number of ether oxygens (including phenoxy) is 1. The molecule has 0 radical (unpaired) electrons. The lowest BCUT2D eigenvalue weighted by atomic mass is 10.1. The molecule has 1 saturated heterocycles. The van der Waals surface area contributed by atoms with E-state index in [9.17, 15) is 4.79 Å². The first-order valence-corrected chi connectivity index (χ1v) is 10.1. The van der Waals surface area contributed by atoms with Crippen LogP contribution in [-0.2, 0) is 22.6 Å². The van der Waals surface area contributed by atoms with E-state index in [1.807, 2.05) is 29.2 Å². The van der Waals surface area contributed by atoms with E-state index in [0.717, 1.165) is 31.8 Å². The van der Waals surface area contributed by atoms with Crippen molar-refractivity contribution in [3.63, 3.8) is 0 Å². The van der Waals surface area contributed by atoms with Crippen molar-refractivity contribution in [1.82, 2.24) is 15.1 Å². The van der Waals surface area contributed by atoms with Gasteiger partial charge in [0.05, 0.1) is 13.2 Å². The number of hydrogen-bond donors (Lipinski definition) is 1. The molecule has 1 atom stereocenters. The van der Waals surface area contributed by atoms with Gasteiger partial charge in [0.1, 0.15) is 0 Å². The Bertz CT molecular complexity index is 702. The van der Waals surface area contributed by atoms with E-state index in [2.05, 4.69) is 53.7 Å². The minimum absolute atomic E-state index is 0.113. The highest BCUT2D eigenvalue weighted by Crippen LogP contribution is 2.10. The second kappa shape index (κ2) is 11.0. The Hall–Kier alpha value is -2.21. The molecule has 0 saturated carbocycles. The van der Waals surface area contributed by atoms with Crippen LogP contribution in [0.1, 0.15) is 17.5 Å². The molecule has 1 aliphatic rings. The van der Waals surface area contributed by atoms with Gasteiger partial charge in [-0.15, -0.1) is 0 Å². The van der Waals surface area contributed by atoms with E-state index in [1.165, 1.54) is 5.56 Å². The topological polar surface area (TPSA) is 44.8 Å². The molecule has 3 rings (SSSR count). The Morgan fingerprint density at radius 2 is 1.64 bits per heavy atom. The number of morpholine rings is 1. The number of benzene rings is 2. The molecule has 5 nitrogen and oxygen atoms in total. The third kappa shape index (κ3) is 6.75. The van der Waals surface area contributed by atoms with Crippen LogP contribution in [0, 0.1) is 0 Å². The lowest BCUT2D eigenvalue weighted by Crippen LogP contribution is -2.46. The van der Waals surface area contributed by atoms with E-state index in [1.54, 1.807) is 0 Å². The molecule has 1 fully saturated rings. The van der Waals surface area contributed by atoms with Crippen molar-refractivity contribution in [1.29, 1.82) is 0 Å². The van der Waals surface area contributed by atoms with Crippen LogP contribution in [0.15, 0.2) is 60.7 Å². The number of amides is 1.